The maximum absolute atomic E-state index is 12.1. The molecule has 0 radical (unpaired) electrons. The van der Waals surface area contributed by atoms with Gasteiger partial charge in [0.05, 0.1) is 0 Å². The zero-order valence-corrected chi connectivity index (χ0v) is 14.2. The molecule has 1 unspecified atom stereocenters. The van der Waals surface area contributed by atoms with Crippen molar-refractivity contribution >= 4 is 17.5 Å². The van der Waals surface area contributed by atoms with E-state index in [1.165, 1.54) is 5.56 Å². The molecule has 3 rings (SSSR count). The third kappa shape index (κ3) is 4.67. The lowest BCUT2D eigenvalue weighted by atomic mass is 9.99. The Morgan fingerprint density at radius 3 is 2.48 bits per heavy atom. The second-order valence-electron chi connectivity index (χ2n) is 6.44. The number of carbonyl (C=O) groups excluding carboxylic acids is 2. The number of primary amides is 1. The van der Waals surface area contributed by atoms with Gasteiger partial charge in [0, 0.05) is 30.8 Å². The summed E-state index contributed by atoms with van der Waals surface area (Å²) in [4.78, 5) is 25.5. The van der Waals surface area contributed by atoms with E-state index in [0.29, 0.717) is 23.6 Å². The Labute approximate surface area is 147 Å². The number of amides is 2. The first-order valence-electron chi connectivity index (χ1n) is 8.59. The quantitative estimate of drug-likeness (QED) is 0.851. The minimum absolute atomic E-state index is 0.0185. The second-order valence-corrected chi connectivity index (χ2v) is 6.44. The first-order chi connectivity index (χ1) is 12.1. The summed E-state index contributed by atoms with van der Waals surface area (Å²) in [5.74, 6) is 0.0699. The van der Waals surface area contributed by atoms with Gasteiger partial charge in [-0.05, 0) is 48.7 Å². The number of nitrogens with one attached hydrogen (secondary N) is 1. The number of nitrogens with two attached hydrogens (primary N) is 1. The van der Waals surface area contributed by atoms with Crippen LogP contribution in [0.4, 0.5) is 5.69 Å². The maximum Gasteiger partial charge on any atom is 0.248 e. The average Bonchev–Trinajstić information content (AvgIpc) is 3.10. The maximum atomic E-state index is 12.1. The lowest BCUT2D eigenvalue weighted by molar-refractivity contribution is -0.116. The first-order valence-corrected chi connectivity index (χ1v) is 8.59. The van der Waals surface area contributed by atoms with Crippen LogP contribution in [-0.2, 0) is 4.79 Å². The first kappa shape index (κ1) is 17.2. The van der Waals surface area contributed by atoms with Crippen LogP contribution < -0.4 is 11.1 Å². The number of hydrogen-bond donors (Lipinski definition) is 2. The van der Waals surface area contributed by atoms with Gasteiger partial charge < -0.3 is 16.0 Å². The van der Waals surface area contributed by atoms with Gasteiger partial charge in [-0.2, -0.15) is 0 Å². The van der Waals surface area contributed by atoms with E-state index in [2.05, 4.69) is 34.5 Å². The van der Waals surface area contributed by atoms with Crippen molar-refractivity contribution in [3.05, 3.63) is 65.7 Å². The Kier molecular flexibility index (Phi) is 5.46. The van der Waals surface area contributed by atoms with Gasteiger partial charge in [0.2, 0.25) is 11.8 Å². The van der Waals surface area contributed by atoms with Gasteiger partial charge in [0.15, 0.2) is 0 Å². The lowest BCUT2D eigenvalue weighted by Gasteiger charge is -2.16. The Bertz CT molecular complexity index is 728. The second kappa shape index (κ2) is 7.94. The predicted octanol–water partition coefficient (Wildman–Crippen LogP) is 2.60. The lowest BCUT2D eigenvalue weighted by Crippen LogP contribution is -2.25. The predicted molar refractivity (Wildman–Crippen MR) is 98.4 cm³/mol. The van der Waals surface area contributed by atoms with E-state index in [-0.39, 0.29) is 5.91 Å². The molecule has 0 aromatic heterocycles. The van der Waals surface area contributed by atoms with Crippen molar-refractivity contribution in [2.75, 3.05) is 25.0 Å². The molecule has 3 N–H and O–H groups in total. The van der Waals surface area contributed by atoms with Crippen molar-refractivity contribution in [3.8, 4) is 0 Å². The smallest absolute Gasteiger partial charge is 0.248 e. The van der Waals surface area contributed by atoms with Crippen molar-refractivity contribution in [2.45, 2.75) is 18.8 Å². The summed E-state index contributed by atoms with van der Waals surface area (Å²) >= 11 is 0. The number of carbonyl (C=O) groups is 2. The Balaban J connectivity index is 1.44. The van der Waals surface area contributed by atoms with E-state index in [0.717, 1.165) is 26.1 Å². The highest BCUT2D eigenvalue weighted by Crippen LogP contribution is 2.26. The van der Waals surface area contributed by atoms with Crippen molar-refractivity contribution < 1.29 is 9.59 Å². The van der Waals surface area contributed by atoms with Crippen molar-refractivity contribution in [2.24, 2.45) is 5.73 Å². The summed E-state index contributed by atoms with van der Waals surface area (Å²) in [6.07, 6.45) is 1.60. The van der Waals surface area contributed by atoms with Crippen LogP contribution in [0.2, 0.25) is 0 Å². The third-order valence-corrected chi connectivity index (χ3v) is 4.65. The van der Waals surface area contributed by atoms with Crippen molar-refractivity contribution in [3.63, 3.8) is 0 Å². The molecule has 1 heterocycles. The fourth-order valence-corrected chi connectivity index (χ4v) is 3.23. The molecule has 1 fully saturated rings. The van der Waals surface area contributed by atoms with Gasteiger partial charge in [0.1, 0.15) is 0 Å². The number of benzene rings is 2. The molecule has 5 nitrogen and oxygen atoms in total. The normalized spacial score (nSPS) is 17.4. The third-order valence-electron chi connectivity index (χ3n) is 4.65. The van der Waals surface area contributed by atoms with E-state index < -0.39 is 5.91 Å². The molecule has 1 atom stereocenters. The largest absolute Gasteiger partial charge is 0.366 e. The Morgan fingerprint density at radius 1 is 1.08 bits per heavy atom. The minimum atomic E-state index is -0.472. The van der Waals surface area contributed by atoms with Crippen molar-refractivity contribution in [1.82, 2.24) is 4.90 Å². The van der Waals surface area contributed by atoms with Gasteiger partial charge in [-0.1, -0.05) is 30.3 Å². The highest BCUT2D eigenvalue weighted by atomic mass is 16.2. The van der Waals surface area contributed by atoms with Crippen LogP contribution in [0.15, 0.2) is 54.6 Å². The summed E-state index contributed by atoms with van der Waals surface area (Å²) in [7, 11) is 0. The summed E-state index contributed by atoms with van der Waals surface area (Å²) in [5, 5.41) is 2.86. The number of nitrogens with zero attached hydrogens (tertiary/aromatic N) is 1. The van der Waals surface area contributed by atoms with Gasteiger partial charge >= 0.3 is 0 Å². The number of hydrogen-bond acceptors (Lipinski definition) is 3. The topological polar surface area (TPSA) is 75.4 Å². The highest BCUT2D eigenvalue weighted by molar-refractivity contribution is 5.94. The molecule has 2 aromatic carbocycles. The van der Waals surface area contributed by atoms with Crippen LogP contribution in [0.5, 0.6) is 0 Å². The van der Waals surface area contributed by atoms with Gasteiger partial charge in [-0.15, -0.1) is 0 Å². The molecule has 25 heavy (non-hydrogen) atoms. The number of anilines is 1. The van der Waals surface area contributed by atoms with E-state index in [4.69, 9.17) is 5.73 Å². The van der Waals surface area contributed by atoms with Gasteiger partial charge in [-0.25, -0.2) is 0 Å². The molecule has 1 aliphatic heterocycles. The van der Waals surface area contributed by atoms with Gasteiger partial charge in [-0.3, -0.25) is 9.59 Å². The molecule has 2 amide bonds. The van der Waals surface area contributed by atoms with E-state index in [1.807, 2.05) is 6.07 Å². The fraction of sp³-hybridized carbons (Fsp3) is 0.300. The molecule has 130 valence electrons. The summed E-state index contributed by atoms with van der Waals surface area (Å²) in [5.41, 5.74) is 7.69. The summed E-state index contributed by atoms with van der Waals surface area (Å²) < 4.78 is 0. The van der Waals surface area contributed by atoms with E-state index >= 15 is 0 Å². The Morgan fingerprint density at radius 2 is 1.80 bits per heavy atom. The summed E-state index contributed by atoms with van der Waals surface area (Å²) in [6, 6.07) is 17.2. The van der Waals surface area contributed by atoms with Crippen LogP contribution >= 0.6 is 0 Å². The SMILES string of the molecule is NC(=O)c1ccc(NC(=O)CCN2CCC(c3ccccc3)C2)cc1. The molecule has 0 saturated carbocycles. The molecule has 5 heteroatoms. The highest BCUT2D eigenvalue weighted by Gasteiger charge is 2.23. The fourth-order valence-electron chi connectivity index (χ4n) is 3.23. The van der Waals surface area contributed by atoms with Crippen LogP contribution in [0.25, 0.3) is 0 Å². The minimum Gasteiger partial charge on any atom is -0.366 e. The van der Waals surface area contributed by atoms with Crippen LogP contribution in [0, 0.1) is 0 Å². The Hall–Kier alpha value is -2.66. The van der Waals surface area contributed by atoms with Crippen molar-refractivity contribution in [1.29, 1.82) is 0 Å². The standard InChI is InChI=1S/C20H23N3O2/c21-20(25)16-6-8-18(9-7-16)22-19(24)11-13-23-12-10-17(14-23)15-4-2-1-3-5-15/h1-9,17H,10-14H2,(H2,21,25)(H,22,24). The van der Waals surface area contributed by atoms with Crippen LogP contribution in [-0.4, -0.2) is 36.3 Å². The number of likely N-dealkylation sites (tertiary alicyclic amines) is 1. The van der Waals surface area contributed by atoms with E-state index in [1.54, 1.807) is 24.3 Å². The van der Waals surface area contributed by atoms with E-state index in [9.17, 15) is 9.59 Å². The average molecular weight is 337 g/mol. The van der Waals surface area contributed by atoms with Gasteiger partial charge in [0.25, 0.3) is 0 Å². The zero-order chi connectivity index (χ0) is 17.6. The molecule has 0 bridgehead atoms. The molecule has 0 aliphatic carbocycles. The number of rotatable bonds is 6. The van der Waals surface area contributed by atoms with Crippen LogP contribution in [0.1, 0.15) is 34.7 Å². The molecule has 0 spiro atoms. The molecule has 2 aromatic rings. The molecular weight excluding hydrogens is 314 g/mol. The molecule has 1 saturated heterocycles. The monoisotopic (exact) mass is 337 g/mol. The molecular formula is C20H23N3O2. The van der Waals surface area contributed by atoms with Crippen LogP contribution in [0.3, 0.4) is 0 Å². The molecule has 1 aliphatic rings. The summed E-state index contributed by atoms with van der Waals surface area (Å²) in [6.45, 7) is 2.79. The zero-order valence-electron chi connectivity index (χ0n) is 14.2.